The number of nitrogens with two attached hydrogens (primary N) is 2. The first-order valence-electron chi connectivity index (χ1n) is 5.41. The largest absolute Gasteiger partial charge is 0.409 e. The summed E-state index contributed by atoms with van der Waals surface area (Å²) in [5, 5.41) is 11.7. The molecule has 1 aromatic heterocycles. The standard InChI is InChI=1S/C10H10N4OS.C2H3ClO/c11-9(14-15)8-7(13-10(12)16-8)6-4-2-1-3-5-6;1-2(3)4/h1-5,15H,(H2,11,14)(H2,12,13);1H3. The zero-order valence-electron chi connectivity index (χ0n) is 10.6. The van der Waals surface area contributed by atoms with Crippen LogP contribution in [0.3, 0.4) is 0 Å². The summed E-state index contributed by atoms with van der Waals surface area (Å²) in [6.45, 7) is 1.29. The highest BCUT2D eigenvalue weighted by molar-refractivity contribution is 7.17. The van der Waals surface area contributed by atoms with Crippen LogP contribution in [0.25, 0.3) is 11.3 Å². The van der Waals surface area contributed by atoms with E-state index in [0.717, 1.165) is 5.56 Å². The summed E-state index contributed by atoms with van der Waals surface area (Å²) in [5.74, 6) is 0.0213. The van der Waals surface area contributed by atoms with Gasteiger partial charge in [0.15, 0.2) is 11.0 Å². The molecule has 6 nitrogen and oxygen atoms in total. The average Bonchev–Trinajstić information content (AvgIpc) is 2.80. The van der Waals surface area contributed by atoms with E-state index in [-0.39, 0.29) is 11.1 Å². The van der Waals surface area contributed by atoms with E-state index < -0.39 is 0 Å². The van der Waals surface area contributed by atoms with E-state index in [1.54, 1.807) is 0 Å². The Morgan fingerprint density at radius 1 is 1.40 bits per heavy atom. The molecule has 2 aromatic rings. The van der Waals surface area contributed by atoms with Gasteiger partial charge in [-0.05, 0) is 11.6 Å². The van der Waals surface area contributed by atoms with Gasteiger partial charge in [0, 0.05) is 12.5 Å². The van der Waals surface area contributed by atoms with E-state index in [1.807, 2.05) is 30.3 Å². The molecule has 2 rings (SSSR count). The second-order valence-corrected chi connectivity index (χ2v) is 5.11. The SMILES string of the molecule is CC(=O)Cl.NC(=NO)c1sc(N)nc1-c1ccccc1. The minimum absolute atomic E-state index is 0.0213. The molecule has 1 aromatic carbocycles. The molecule has 1 heterocycles. The van der Waals surface area contributed by atoms with Crippen LogP contribution in [-0.2, 0) is 4.79 Å². The first kappa shape index (κ1) is 15.9. The first-order valence-corrected chi connectivity index (χ1v) is 6.60. The lowest BCUT2D eigenvalue weighted by molar-refractivity contribution is -0.109. The Kier molecular flexibility index (Phi) is 5.95. The van der Waals surface area contributed by atoms with Crippen LogP contribution in [0.2, 0.25) is 0 Å². The summed E-state index contributed by atoms with van der Waals surface area (Å²) in [6, 6.07) is 9.47. The van der Waals surface area contributed by atoms with Crippen molar-refractivity contribution in [2.45, 2.75) is 6.92 Å². The van der Waals surface area contributed by atoms with Gasteiger partial charge in [0.2, 0.25) is 5.24 Å². The van der Waals surface area contributed by atoms with Crippen LogP contribution in [0.5, 0.6) is 0 Å². The molecule has 8 heteroatoms. The molecule has 0 bridgehead atoms. The van der Waals surface area contributed by atoms with Crippen LogP contribution in [0, 0.1) is 0 Å². The Labute approximate surface area is 124 Å². The number of carbonyl (C=O) groups is 1. The van der Waals surface area contributed by atoms with Crippen LogP contribution in [-0.4, -0.2) is 21.3 Å². The third-order valence-electron chi connectivity index (χ3n) is 2.03. The van der Waals surface area contributed by atoms with Gasteiger partial charge in [-0.2, -0.15) is 0 Å². The monoisotopic (exact) mass is 312 g/mol. The zero-order valence-corrected chi connectivity index (χ0v) is 12.1. The van der Waals surface area contributed by atoms with E-state index in [9.17, 15) is 4.79 Å². The normalized spacial score (nSPS) is 10.6. The van der Waals surface area contributed by atoms with Crippen molar-refractivity contribution in [3.05, 3.63) is 35.2 Å². The summed E-state index contributed by atoms with van der Waals surface area (Å²) >= 11 is 5.83. The Balaban J connectivity index is 0.000000444. The summed E-state index contributed by atoms with van der Waals surface area (Å²) in [5.41, 5.74) is 12.7. The van der Waals surface area contributed by atoms with Crippen LogP contribution in [0.4, 0.5) is 5.13 Å². The number of rotatable bonds is 2. The van der Waals surface area contributed by atoms with Crippen molar-refractivity contribution in [2.24, 2.45) is 10.9 Å². The lowest BCUT2D eigenvalue weighted by atomic mass is 10.1. The summed E-state index contributed by atoms with van der Waals surface area (Å²) < 4.78 is 0. The maximum Gasteiger partial charge on any atom is 0.218 e. The number of oxime groups is 1. The number of hydrogen-bond donors (Lipinski definition) is 3. The van der Waals surface area contributed by atoms with Gasteiger partial charge in [0.25, 0.3) is 0 Å². The van der Waals surface area contributed by atoms with E-state index in [4.69, 9.17) is 16.7 Å². The van der Waals surface area contributed by atoms with Gasteiger partial charge in [-0.15, -0.1) is 0 Å². The fourth-order valence-electron chi connectivity index (χ4n) is 1.35. The minimum atomic E-state index is -0.361. The van der Waals surface area contributed by atoms with Gasteiger partial charge in [0.05, 0.1) is 5.69 Å². The fourth-order valence-corrected chi connectivity index (χ4v) is 2.10. The van der Waals surface area contributed by atoms with Gasteiger partial charge in [-0.1, -0.05) is 46.8 Å². The van der Waals surface area contributed by atoms with Gasteiger partial charge in [0.1, 0.15) is 4.88 Å². The molecule has 5 N–H and O–H groups in total. The van der Waals surface area contributed by atoms with Gasteiger partial charge < -0.3 is 16.7 Å². The maximum atomic E-state index is 9.21. The van der Waals surface area contributed by atoms with Crippen molar-refractivity contribution in [3.63, 3.8) is 0 Å². The summed E-state index contributed by atoms with van der Waals surface area (Å²) in [4.78, 5) is 14.0. The van der Waals surface area contributed by atoms with Crippen molar-refractivity contribution in [1.29, 1.82) is 0 Å². The Morgan fingerprint density at radius 2 is 1.95 bits per heavy atom. The molecule has 0 saturated heterocycles. The van der Waals surface area contributed by atoms with Gasteiger partial charge in [-0.3, -0.25) is 4.79 Å². The highest BCUT2D eigenvalue weighted by Gasteiger charge is 2.14. The first-order chi connectivity index (χ1) is 9.45. The Bertz CT molecular complexity index is 609. The topological polar surface area (TPSA) is 115 Å². The molecular formula is C12H13ClN4O2S. The van der Waals surface area contributed by atoms with Crippen molar-refractivity contribution < 1.29 is 10.0 Å². The predicted octanol–water partition coefficient (Wildman–Crippen LogP) is 2.26. The Hall–Kier alpha value is -2.12. The van der Waals surface area contributed by atoms with Crippen LogP contribution >= 0.6 is 22.9 Å². The number of nitrogen functional groups attached to an aromatic ring is 1. The number of amidine groups is 1. The number of benzene rings is 1. The highest BCUT2D eigenvalue weighted by atomic mass is 35.5. The number of carbonyl (C=O) groups excluding carboxylic acids is 1. The molecule has 0 radical (unpaired) electrons. The number of anilines is 1. The molecule has 0 spiro atoms. The smallest absolute Gasteiger partial charge is 0.218 e. The predicted molar refractivity (Wildman–Crippen MR) is 81.0 cm³/mol. The zero-order chi connectivity index (χ0) is 15.1. The molecule has 0 atom stereocenters. The lowest BCUT2D eigenvalue weighted by Gasteiger charge is -1.99. The van der Waals surface area contributed by atoms with Crippen LogP contribution in [0.1, 0.15) is 11.8 Å². The van der Waals surface area contributed by atoms with Crippen molar-refractivity contribution in [3.8, 4) is 11.3 Å². The second kappa shape index (κ2) is 7.46. The third kappa shape index (κ3) is 4.52. The van der Waals surface area contributed by atoms with Crippen molar-refractivity contribution in [1.82, 2.24) is 4.98 Å². The van der Waals surface area contributed by atoms with E-state index >= 15 is 0 Å². The van der Waals surface area contributed by atoms with E-state index in [0.29, 0.717) is 15.7 Å². The second-order valence-electron chi connectivity index (χ2n) is 3.55. The molecule has 106 valence electrons. The van der Waals surface area contributed by atoms with Crippen molar-refractivity contribution in [2.75, 3.05) is 5.73 Å². The number of thiazole rings is 1. The quantitative estimate of drug-likeness (QED) is 0.259. The molecule has 0 amide bonds. The lowest BCUT2D eigenvalue weighted by Crippen LogP contribution is -2.12. The molecule has 0 fully saturated rings. The van der Waals surface area contributed by atoms with E-state index in [1.165, 1.54) is 18.3 Å². The van der Waals surface area contributed by atoms with Crippen LogP contribution < -0.4 is 11.5 Å². The van der Waals surface area contributed by atoms with E-state index in [2.05, 4.69) is 21.7 Å². The molecule has 20 heavy (non-hydrogen) atoms. The molecule has 0 aliphatic carbocycles. The van der Waals surface area contributed by atoms with Crippen molar-refractivity contribution >= 4 is 39.1 Å². The maximum absolute atomic E-state index is 9.21. The van der Waals surface area contributed by atoms with Gasteiger partial charge >= 0.3 is 0 Å². The number of halogens is 1. The van der Waals surface area contributed by atoms with Gasteiger partial charge in [-0.25, -0.2) is 4.98 Å². The third-order valence-corrected chi connectivity index (χ3v) is 2.94. The number of hydrogen-bond acceptors (Lipinski definition) is 6. The average molecular weight is 313 g/mol. The molecule has 0 aliphatic heterocycles. The molecule has 0 unspecified atom stereocenters. The van der Waals surface area contributed by atoms with Crippen LogP contribution in [0.15, 0.2) is 35.5 Å². The number of nitrogens with zero attached hydrogens (tertiary/aromatic N) is 2. The molecular weight excluding hydrogens is 300 g/mol. The summed E-state index contributed by atoms with van der Waals surface area (Å²) in [6.07, 6.45) is 0. The summed E-state index contributed by atoms with van der Waals surface area (Å²) in [7, 11) is 0. The Morgan fingerprint density at radius 3 is 2.45 bits per heavy atom. The fraction of sp³-hybridized carbons (Fsp3) is 0.0833. The number of aromatic nitrogens is 1. The molecule has 0 saturated carbocycles. The minimum Gasteiger partial charge on any atom is -0.409 e. The molecule has 0 aliphatic rings. The highest BCUT2D eigenvalue weighted by Crippen LogP contribution is 2.29.